The number of benzene rings is 2. The van der Waals surface area contributed by atoms with Crippen molar-refractivity contribution in [3.63, 3.8) is 0 Å². The van der Waals surface area contributed by atoms with Crippen molar-refractivity contribution in [1.29, 1.82) is 0 Å². The molecule has 0 amide bonds. The number of alkyl halides is 3. The highest BCUT2D eigenvalue weighted by Crippen LogP contribution is 2.30. The van der Waals surface area contributed by atoms with Gasteiger partial charge in [-0.15, -0.1) is 13.2 Å². The molecule has 184 valence electrons. The highest BCUT2D eigenvalue weighted by atomic mass is 19.4. The number of esters is 1. The van der Waals surface area contributed by atoms with Crippen molar-refractivity contribution in [3.05, 3.63) is 60.2 Å². The highest BCUT2D eigenvalue weighted by Gasteiger charge is 2.31. The third-order valence-electron chi connectivity index (χ3n) is 5.61. The topological polar surface area (TPSA) is 85.4 Å². The molecule has 1 aliphatic carbocycles. The maximum atomic E-state index is 12.7. The lowest BCUT2D eigenvalue weighted by atomic mass is 9.96. The Morgan fingerprint density at radius 2 is 1.74 bits per heavy atom. The Morgan fingerprint density at radius 1 is 1.00 bits per heavy atom. The largest absolute Gasteiger partial charge is 0.573 e. The number of halogens is 3. The van der Waals surface area contributed by atoms with E-state index >= 15 is 0 Å². The predicted molar refractivity (Wildman–Crippen MR) is 126 cm³/mol. The Bertz CT molecular complexity index is 1160. The molecule has 0 radical (unpaired) electrons. The molecule has 0 atom stereocenters. The maximum Gasteiger partial charge on any atom is 0.573 e. The lowest BCUT2D eigenvalue weighted by molar-refractivity contribution is -0.274. The lowest BCUT2D eigenvalue weighted by Crippen LogP contribution is -2.23. The first kappa shape index (κ1) is 24.3. The number of methoxy groups -OCH3 is 1. The van der Waals surface area contributed by atoms with Crippen LogP contribution < -0.4 is 15.4 Å². The normalized spacial score (nSPS) is 14.3. The molecule has 3 aromatic rings. The fourth-order valence-corrected chi connectivity index (χ4v) is 3.96. The van der Waals surface area contributed by atoms with Crippen molar-refractivity contribution in [2.75, 3.05) is 17.7 Å². The van der Waals surface area contributed by atoms with Crippen LogP contribution >= 0.6 is 0 Å². The van der Waals surface area contributed by atoms with E-state index in [4.69, 9.17) is 4.74 Å². The minimum atomic E-state index is -4.79. The fourth-order valence-electron chi connectivity index (χ4n) is 3.96. The number of ether oxygens (including phenoxy) is 2. The summed E-state index contributed by atoms with van der Waals surface area (Å²) in [4.78, 5) is 20.8. The van der Waals surface area contributed by atoms with Gasteiger partial charge in [0.25, 0.3) is 0 Å². The zero-order valence-electron chi connectivity index (χ0n) is 19.1. The van der Waals surface area contributed by atoms with E-state index in [1.807, 2.05) is 0 Å². The molecule has 1 aliphatic rings. The number of aromatic nitrogens is 2. The Kier molecular flexibility index (Phi) is 7.38. The number of nitrogens with zero attached hydrogens (tertiary/aromatic N) is 2. The van der Waals surface area contributed by atoms with Crippen LogP contribution in [0, 0.1) is 0 Å². The standard InChI is InChI=1S/C25H25F3N4O3/c1-34-23(33)16-10-12-19(13-11-16)29-22-15-21(17-6-5-9-20(14-17)35-25(26,27)28)31-24(32-22)30-18-7-3-2-4-8-18/h5-6,9-15,18H,2-4,7-8H2,1H3,(H2,29,30,31,32). The van der Waals surface area contributed by atoms with E-state index in [2.05, 4.69) is 25.3 Å². The second kappa shape index (κ2) is 10.6. The van der Waals surface area contributed by atoms with Crippen molar-refractivity contribution in [2.45, 2.75) is 44.5 Å². The van der Waals surface area contributed by atoms with Crippen molar-refractivity contribution >= 4 is 23.4 Å². The molecule has 0 bridgehead atoms. The highest BCUT2D eigenvalue weighted by molar-refractivity contribution is 5.89. The molecule has 7 nitrogen and oxygen atoms in total. The summed E-state index contributed by atoms with van der Waals surface area (Å²) in [5, 5.41) is 6.54. The molecule has 0 unspecified atom stereocenters. The molecule has 1 aromatic heterocycles. The number of hydrogen-bond acceptors (Lipinski definition) is 7. The minimum absolute atomic E-state index is 0.228. The molecule has 35 heavy (non-hydrogen) atoms. The number of anilines is 3. The van der Waals surface area contributed by atoms with E-state index in [9.17, 15) is 18.0 Å². The average molecular weight is 486 g/mol. The predicted octanol–water partition coefficient (Wildman–Crippen LogP) is 6.32. The Labute approximate surface area is 200 Å². The first-order valence-corrected chi connectivity index (χ1v) is 11.3. The van der Waals surface area contributed by atoms with Crippen LogP contribution in [0.3, 0.4) is 0 Å². The SMILES string of the molecule is COC(=O)c1ccc(Nc2cc(-c3cccc(OC(F)(F)F)c3)nc(NC3CCCCC3)n2)cc1. The molecule has 2 N–H and O–H groups in total. The number of rotatable bonds is 7. The smallest absolute Gasteiger partial charge is 0.465 e. The fraction of sp³-hybridized carbons (Fsp3) is 0.320. The van der Waals surface area contributed by atoms with Gasteiger partial charge in [0.05, 0.1) is 18.4 Å². The van der Waals surface area contributed by atoms with Crippen LogP contribution in [0.4, 0.5) is 30.6 Å². The van der Waals surface area contributed by atoms with E-state index < -0.39 is 12.3 Å². The summed E-state index contributed by atoms with van der Waals surface area (Å²) in [6, 6.07) is 14.2. The number of nitrogens with one attached hydrogen (secondary N) is 2. The van der Waals surface area contributed by atoms with Crippen LogP contribution in [0.5, 0.6) is 5.75 Å². The third kappa shape index (κ3) is 6.84. The number of hydrogen-bond donors (Lipinski definition) is 2. The molecule has 1 fully saturated rings. The second-order valence-corrected chi connectivity index (χ2v) is 8.21. The van der Waals surface area contributed by atoms with Crippen molar-refractivity contribution in [2.24, 2.45) is 0 Å². The molecule has 2 aromatic carbocycles. The zero-order valence-corrected chi connectivity index (χ0v) is 19.1. The monoisotopic (exact) mass is 486 g/mol. The molecule has 0 saturated heterocycles. The molecule has 1 heterocycles. The number of carbonyl (C=O) groups excluding carboxylic acids is 1. The summed E-state index contributed by atoms with van der Waals surface area (Å²) in [6.45, 7) is 0. The van der Waals surface area contributed by atoms with E-state index in [1.165, 1.54) is 31.7 Å². The first-order valence-electron chi connectivity index (χ1n) is 11.3. The van der Waals surface area contributed by atoms with Crippen LogP contribution in [-0.4, -0.2) is 35.5 Å². The van der Waals surface area contributed by atoms with Crippen molar-refractivity contribution in [3.8, 4) is 17.0 Å². The summed E-state index contributed by atoms with van der Waals surface area (Å²) < 4.78 is 46.9. The Hall–Kier alpha value is -3.82. The molecular weight excluding hydrogens is 461 g/mol. The van der Waals surface area contributed by atoms with Gasteiger partial charge in [-0.1, -0.05) is 31.4 Å². The number of carbonyl (C=O) groups is 1. The minimum Gasteiger partial charge on any atom is -0.465 e. The quantitative estimate of drug-likeness (QED) is 0.378. The maximum absolute atomic E-state index is 12.7. The van der Waals surface area contributed by atoms with Gasteiger partial charge in [0, 0.05) is 23.4 Å². The molecule has 10 heteroatoms. The summed E-state index contributed by atoms with van der Waals surface area (Å²) in [7, 11) is 1.31. The van der Waals surface area contributed by atoms with Gasteiger partial charge in [-0.25, -0.2) is 9.78 Å². The average Bonchev–Trinajstić information content (AvgIpc) is 2.83. The van der Waals surface area contributed by atoms with Gasteiger partial charge in [-0.3, -0.25) is 0 Å². The van der Waals surface area contributed by atoms with Crippen molar-refractivity contribution in [1.82, 2.24) is 9.97 Å². The molecule has 4 rings (SSSR count). The second-order valence-electron chi connectivity index (χ2n) is 8.21. The van der Waals surface area contributed by atoms with Gasteiger partial charge in [-0.05, 0) is 49.2 Å². The summed E-state index contributed by atoms with van der Waals surface area (Å²) >= 11 is 0. The van der Waals surface area contributed by atoms with Gasteiger partial charge in [-0.2, -0.15) is 4.98 Å². The Balaban J connectivity index is 1.64. The summed E-state index contributed by atoms with van der Waals surface area (Å²) in [6.07, 6.45) is 0.638. The summed E-state index contributed by atoms with van der Waals surface area (Å²) in [5.41, 5.74) is 1.95. The van der Waals surface area contributed by atoms with Crippen molar-refractivity contribution < 1.29 is 27.4 Å². The van der Waals surface area contributed by atoms with Crippen LogP contribution in [0.2, 0.25) is 0 Å². The van der Waals surface area contributed by atoms with Crippen LogP contribution in [-0.2, 0) is 4.74 Å². The van der Waals surface area contributed by atoms with Crippen LogP contribution in [0.25, 0.3) is 11.3 Å². The van der Waals surface area contributed by atoms with Gasteiger partial charge in [0.2, 0.25) is 5.95 Å². The molecule has 1 saturated carbocycles. The van der Waals surface area contributed by atoms with Gasteiger partial charge in [0.15, 0.2) is 0 Å². The lowest BCUT2D eigenvalue weighted by Gasteiger charge is -2.23. The first-order chi connectivity index (χ1) is 16.8. The molecular formula is C25H25F3N4O3. The third-order valence-corrected chi connectivity index (χ3v) is 5.61. The molecule has 0 aliphatic heterocycles. The summed E-state index contributed by atoms with van der Waals surface area (Å²) in [5.74, 6) is 0.0515. The zero-order chi connectivity index (χ0) is 24.8. The van der Waals surface area contributed by atoms with E-state index in [0.717, 1.165) is 25.7 Å². The van der Waals surface area contributed by atoms with Crippen LogP contribution in [0.1, 0.15) is 42.5 Å². The Morgan fingerprint density at radius 3 is 2.43 bits per heavy atom. The van der Waals surface area contributed by atoms with Gasteiger partial charge >= 0.3 is 12.3 Å². The van der Waals surface area contributed by atoms with E-state index in [1.54, 1.807) is 36.4 Å². The van der Waals surface area contributed by atoms with Crippen LogP contribution in [0.15, 0.2) is 54.6 Å². The van der Waals surface area contributed by atoms with E-state index in [0.29, 0.717) is 34.3 Å². The molecule has 0 spiro atoms. The van der Waals surface area contributed by atoms with Gasteiger partial charge < -0.3 is 20.1 Å². The van der Waals surface area contributed by atoms with Gasteiger partial charge in [0.1, 0.15) is 11.6 Å². The van der Waals surface area contributed by atoms with E-state index in [-0.39, 0.29) is 11.8 Å².